The molecule has 3 aromatic rings. The normalized spacial score (nSPS) is 12.1. The van der Waals surface area contributed by atoms with E-state index in [2.05, 4.69) is 20.1 Å². The minimum Gasteiger partial charge on any atom is -0.307 e. The summed E-state index contributed by atoms with van der Waals surface area (Å²) in [5, 5.41) is 2.53. The Hall–Kier alpha value is -3.79. The number of hydrogen-bond acceptors (Lipinski definition) is 5. The van der Waals surface area contributed by atoms with E-state index in [4.69, 9.17) is 0 Å². The number of nitrogens with zero attached hydrogens (tertiary/aromatic N) is 2. The number of carbonyl (C=O) groups is 2. The summed E-state index contributed by atoms with van der Waals surface area (Å²) in [4.78, 5) is 36.5. The highest BCUT2D eigenvalue weighted by Gasteiger charge is 2.41. The van der Waals surface area contributed by atoms with Crippen LogP contribution in [0.1, 0.15) is 26.3 Å². The molecule has 0 saturated carbocycles. The molecule has 0 saturated heterocycles. The van der Waals surface area contributed by atoms with Crippen molar-refractivity contribution in [1.29, 1.82) is 0 Å². The molecule has 0 fully saturated rings. The van der Waals surface area contributed by atoms with E-state index in [1.807, 2.05) is 5.48 Å². The molecule has 31 heavy (non-hydrogen) atoms. The second-order valence-corrected chi connectivity index (χ2v) is 6.39. The number of hydrogen-bond donors (Lipinski definition) is 2. The zero-order chi connectivity index (χ0) is 22.3. The average molecular weight is 430 g/mol. The van der Waals surface area contributed by atoms with Crippen LogP contribution in [-0.4, -0.2) is 34.1 Å². The molecule has 160 valence electrons. The first kappa shape index (κ1) is 21.9. The van der Waals surface area contributed by atoms with Gasteiger partial charge >= 0.3 is 6.18 Å². The minimum atomic E-state index is -4.75. The van der Waals surface area contributed by atoms with Gasteiger partial charge in [-0.05, 0) is 42.0 Å². The molecule has 0 aliphatic rings. The lowest BCUT2D eigenvalue weighted by Crippen LogP contribution is -2.40. The van der Waals surface area contributed by atoms with Crippen molar-refractivity contribution >= 4 is 17.6 Å². The molecule has 0 aliphatic heterocycles. The van der Waals surface area contributed by atoms with Crippen LogP contribution in [0, 0.1) is 0 Å². The molecular formula is C21H17F3N4O3. The molecule has 0 radical (unpaired) electrons. The average Bonchev–Trinajstić information content (AvgIpc) is 2.77. The van der Waals surface area contributed by atoms with Gasteiger partial charge in [0.05, 0.1) is 5.56 Å². The lowest BCUT2D eigenvalue weighted by Gasteiger charge is -2.20. The van der Waals surface area contributed by atoms with Gasteiger partial charge in [-0.3, -0.25) is 19.4 Å². The summed E-state index contributed by atoms with van der Waals surface area (Å²) in [6.45, 7) is 0. The number of aromatic nitrogens is 2. The molecule has 1 unspecified atom stereocenters. The van der Waals surface area contributed by atoms with Gasteiger partial charge in [0.1, 0.15) is 5.82 Å². The first-order valence-corrected chi connectivity index (χ1v) is 9.07. The van der Waals surface area contributed by atoms with Crippen LogP contribution in [0.3, 0.4) is 0 Å². The number of benzene rings is 1. The molecule has 3 rings (SSSR count). The van der Waals surface area contributed by atoms with Crippen LogP contribution in [0.15, 0.2) is 73.2 Å². The van der Waals surface area contributed by atoms with E-state index < -0.39 is 30.5 Å². The molecule has 2 amide bonds. The standard InChI is InChI=1S/C21H17F3N4O3/c22-21(23,24)17(31-28-20(30)16-7-4-9-25-13-16)11-14-8-10-26-18(12-14)27-19(29)15-5-2-1-3-6-15/h1-10,12-13,17H,11H2,(H,28,30)(H,26,27,29). The van der Waals surface area contributed by atoms with Crippen molar-refractivity contribution in [3.63, 3.8) is 0 Å². The van der Waals surface area contributed by atoms with Crippen molar-refractivity contribution < 1.29 is 27.6 Å². The predicted molar refractivity (Wildman–Crippen MR) is 105 cm³/mol. The molecule has 10 heteroatoms. The fraction of sp³-hybridized carbons (Fsp3) is 0.143. The SMILES string of the molecule is O=C(NOC(Cc1ccnc(NC(=O)c2ccccc2)c1)C(F)(F)F)c1cccnc1. The van der Waals surface area contributed by atoms with Gasteiger partial charge in [0.2, 0.25) is 0 Å². The van der Waals surface area contributed by atoms with Gasteiger partial charge in [-0.15, -0.1) is 0 Å². The summed E-state index contributed by atoms with van der Waals surface area (Å²) >= 11 is 0. The van der Waals surface area contributed by atoms with E-state index in [0.29, 0.717) is 5.56 Å². The number of halogens is 3. The molecule has 0 bridgehead atoms. The third-order valence-electron chi connectivity index (χ3n) is 4.11. The number of anilines is 1. The van der Waals surface area contributed by atoms with Gasteiger partial charge < -0.3 is 5.32 Å². The minimum absolute atomic E-state index is 0.0539. The van der Waals surface area contributed by atoms with Crippen molar-refractivity contribution in [2.24, 2.45) is 0 Å². The van der Waals surface area contributed by atoms with E-state index in [9.17, 15) is 22.8 Å². The number of alkyl halides is 3. The van der Waals surface area contributed by atoms with E-state index in [0.717, 1.165) is 0 Å². The zero-order valence-electron chi connectivity index (χ0n) is 16.0. The quantitative estimate of drug-likeness (QED) is 0.559. The van der Waals surface area contributed by atoms with Crippen LogP contribution >= 0.6 is 0 Å². The molecule has 0 aliphatic carbocycles. The Balaban J connectivity index is 1.67. The van der Waals surface area contributed by atoms with E-state index in [-0.39, 0.29) is 16.9 Å². The molecule has 2 heterocycles. The lowest BCUT2D eigenvalue weighted by molar-refractivity contribution is -0.231. The van der Waals surface area contributed by atoms with Crippen molar-refractivity contribution in [3.8, 4) is 0 Å². The molecule has 0 spiro atoms. The summed E-state index contributed by atoms with van der Waals surface area (Å²) < 4.78 is 40.2. The fourth-order valence-corrected chi connectivity index (χ4v) is 2.57. The Morgan fingerprint density at radius 2 is 1.71 bits per heavy atom. The van der Waals surface area contributed by atoms with Crippen molar-refractivity contribution in [3.05, 3.63) is 89.9 Å². The highest BCUT2D eigenvalue weighted by Crippen LogP contribution is 2.26. The summed E-state index contributed by atoms with van der Waals surface area (Å²) in [6.07, 6.45) is -3.77. The van der Waals surface area contributed by atoms with E-state index in [1.54, 1.807) is 30.3 Å². The highest BCUT2D eigenvalue weighted by atomic mass is 19.4. The molecule has 1 aromatic carbocycles. The monoisotopic (exact) mass is 430 g/mol. The molecule has 2 N–H and O–H groups in total. The predicted octanol–water partition coefficient (Wildman–Crippen LogP) is 3.56. The van der Waals surface area contributed by atoms with Crippen LogP contribution < -0.4 is 10.8 Å². The Morgan fingerprint density at radius 3 is 2.39 bits per heavy atom. The Kier molecular flexibility index (Phi) is 6.93. The maximum absolute atomic E-state index is 13.4. The number of amides is 2. The first-order chi connectivity index (χ1) is 14.8. The number of nitrogens with one attached hydrogen (secondary N) is 2. The van der Waals surface area contributed by atoms with Crippen LogP contribution in [0.2, 0.25) is 0 Å². The lowest BCUT2D eigenvalue weighted by atomic mass is 10.1. The van der Waals surface area contributed by atoms with Crippen molar-refractivity contribution in [1.82, 2.24) is 15.4 Å². The Morgan fingerprint density at radius 1 is 0.968 bits per heavy atom. The largest absolute Gasteiger partial charge is 0.417 e. The topological polar surface area (TPSA) is 93.2 Å². The molecular weight excluding hydrogens is 413 g/mol. The third-order valence-corrected chi connectivity index (χ3v) is 4.11. The van der Waals surface area contributed by atoms with Crippen LogP contribution in [0.4, 0.5) is 19.0 Å². The number of rotatable bonds is 7. The Bertz CT molecular complexity index is 1030. The summed E-state index contributed by atoms with van der Waals surface area (Å²) in [6, 6.07) is 13.8. The molecule has 1 atom stereocenters. The van der Waals surface area contributed by atoms with E-state index in [1.165, 1.54) is 42.9 Å². The Labute approximate surface area is 175 Å². The smallest absolute Gasteiger partial charge is 0.307 e. The van der Waals surface area contributed by atoms with Crippen LogP contribution in [0.25, 0.3) is 0 Å². The fourth-order valence-electron chi connectivity index (χ4n) is 2.57. The van der Waals surface area contributed by atoms with Gasteiger partial charge in [-0.2, -0.15) is 13.2 Å². The van der Waals surface area contributed by atoms with Gasteiger partial charge in [-0.1, -0.05) is 18.2 Å². The number of pyridine rings is 2. The van der Waals surface area contributed by atoms with Gasteiger partial charge in [0, 0.05) is 30.6 Å². The van der Waals surface area contributed by atoms with Crippen molar-refractivity contribution in [2.75, 3.05) is 5.32 Å². The summed E-state index contributed by atoms with van der Waals surface area (Å²) in [5.41, 5.74) is 2.45. The maximum atomic E-state index is 13.4. The maximum Gasteiger partial charge on any atom is 0.417 e. The molecule has 7 nitrogen and oxygen atoms in total. The van der Waals surface area contributed by atoms with Gasteiger partial charge in [-0.25, -0.2) is 10.5 Å². The summed E-state index contributed by atoms with van der Waals surface area (Å²) in [5.74, 6) is -1.21. The zero-order valence-corrected chi connectivity index (χ0v) is 16.0. The van der Waals surface area contributed by atoms with Gasteiger partial charge in [0.15, 0.2) is 6.10 Å². The number of hydroxylamine groups is 1. The van der Waals surface area contributed by atoms with Crippen LogP contribution in [0.5, 0.6) is 0 Å². The van der Waals surface area contributed by atoms with Crippen molar-refractivity contribution in [2.45, 2.75) is 18.7 Å². The summed E-state index contributed by atoms with van der Waals surface area (Å²) in [7, 11) is 0. The van der Waals surface area contributed by atoms with E-state index >= 15 is 0 Å². The van der Waals surface area contributed by atoms with Gasteiger partial charge in [0.25, 0.3) is 11.8 Å². The first-order valence-electron chi connectivity index (χ1n) is 9.07. The second kappa shape index (κ2) is 9.81. The highest BCUT2D eigenvalue weighted by molar-refractivity contribution is 6.03. The second-order valence-electron chi connectivity index (χ2n) is 6.39. The third kappa shape index (κ3) is 6.34. The number of carbonyl (C=O) groups excluding carboxylic acids is 2. The molecule has 2 aromatic heterocycles. The van der Waals surface area contributed by atoms with Crippen LogP contribution in [-0.2, 0) is 11.3 Å².